The number of methoxy groups -OCH3 is 1. The molecule has 1 N–H and O–H groups in total. The van der Waals surface area contributed by atoms with Crippen LogP contribution >= 0.6 is 0 Å². The highest BCUT2D eigenvalue weighted by atomic mass is 19.1. The number of carboxylic acid groups (broad SMARTS) is 1. The summed E-state index contributed by atoms with van der Waals surface area (Å²) in [5.41, 5.74) is 5.31. The Balaban J connectivity index is 1.74. The lowest BCUT2D eigenvalue weighted by Gasteiger charge is -2.23. The number of fused-ring (bicyclic) bond motifs is 2. The number of carboxylic acids is 1. The zero-order valence-corrected chi connectivity index (χ0v) is 17.7. The van der Waals surface area contributed by atoms with Crippen LogP contribution in [0.5, 0.6) is 5.75 Å². The van der Waals surface area contributed by atoms with Gasteiger partial charge in [-0.05, 0) is 54.3 Å². The maximum atomic E-state index is 13.9. The number of rotatable bonds is 4. The van der Waals surface area contributed by atoms with Crippen LogP contribution in [0.3, 0.4) is 0 Å². The van der Waals surface area contributed by atoms with E-state index in [4.69, 9.17) is 9.72 Å². The first-order valence-electron chi connectivity index (χ1n) is 10.3. The summed E-state index contributed by atoms with van der Waals surface area (Å²) in [5, 5.41) is 10.2. The molecule has 6 heteroatoms. The number of aromatic nitrogens is 1. The normalized spacial score (nSPS) is 12.8. The van der Waals surface area contributed by atoms with Crippen molar-refractivity contribution in [1.29, 1.82) is 0 Å². The molecule has 5 nitrogen and oxygen atoms in total. The molecule has 0 fully saturated rings. The second-order valence-corrected chi connectivity index (χ2v) is 7.84. The molecule has 0 atom stereocenters. The first-order valence-corrected chi connectivity index (χ1v) is 10.3. The summed E-state index contributed by atoms with van der Waals surface area (Å²) >= 11 is 0. The molecule has 0 saturated heterocycles. The number of ether oxygens (including phenoxy) is 1. The van der Waals surface area contributed by atoms with Crippen molar-refractivity contribution in [3.63, 3.8) is 0 Å². The van der Waals surface area contributed by atoms with Gasteiger partial charge in [0, 0.05) is 29.2 Å². The van der Waals surface area contributed by atoms with E-state index in [-0.39, 0.29) is 5.56 Å². The van der Waals surface area contributed by atoms with Gasteiger partial charge in [-0.2, -0.15) is 0 Å². The van der Waals surface area contributed by atoms with E-state index in [1.807, 2.05) is 35.2 Å². The van der Waals surface area contributed by atoms with Gasteiger partial charge in [-0.3, -0.25) is 0 Å². The molecule has 0 saturated carbocycles. The smallest absolute Gasteiger partial charge is 0.336 e. The molecule has 2 heterocycles. The number of benzene rings is 3. The Morgan fingerprint density at radius 3 is 2.62 bits per heavy atom. The fourth-order valence-electron chi connectivity index (χ4n) is 4.55. The highest BCUT2D eigenvalue weighted by Crippen LogP contribution is 2.44. The lowest BCUT2D eigenvalue weighted by molar-refractivity contribution is 0.0698. The van der Waals surface area contributed by atoms with Gasteiger partial charge in [0.2, 0.25) is 0 Å². The molecule has 0 spiro atoms. The highest BCUT2D eigenvalue weighted by Gasteiger charge is 2.29. The van der Waals surface area contributed by atoms with Gasteiger partial charge < -0.3 is 14.7 Å². The summed E-state index contributed by atoms with van der Waals surface area (Å²) in [7, 11) is 1.63. The third-order valence-corrected chi connectivity index (χ3v) is 6.03. The van der Waals surface area contributed by atoms with Crippen molar-refractivity contribution in [2.24, 2.45) is 0 Å². The average molecular weight is 428 g/mol. The summed E-state index contributed by atoms with van der Waals surface area (Å²) < 4.78 is 19.4. The van der Waals surface area contributed by atoms with Crippen molar-refractivity contribution in [1.82, 2.24) is 4.98 Å². The molecule has 1 aliphatic rings. The summed E-state index contributed by atoms with van der Waals surface area (Å²) in [4.78, 5) is 18.9. The predicted octanol–water partition coefficient (Wildman–Crippen LogP) is 5.75. The van der Waals surface area contributed by atoms with Gasteiger partial charge in [0.05, 0.1) is 18.2 Å². The van der Waals surface area contributed by atoms with Crippen molar-refractivity contribution in [2.45, 2.75) is 13.3 Å². The number of carbonyl (C=O) groups is 1. The Kier molecular flexibility index (Phi) is 4.78. The molecule has 1 aliphatic heterocycles. The molecule has 0 amide bonds. The lowest BCUT2D eigenvalue weighted by atomic mass is 9.97. The molecule has 4 aromatic rings. The van der Waals surface area contributed by atoms with E-state index in [1.165, 1.54) is 18.2 Å². The van der Waals surface area contributed by atoms with Gasteiger partial charge in [0.1, 0.15) is 17.4 Å². The Labute approximate surface area is 184 Å². The number of anilines is 2. The maximum absolute atomic E-state index is 13.9. The monoisotopic (exact) mass is 428 g/mol. The topological polar surface area (TPSA) is 62.7 Å². The van der Waals surface area contributed by atoms with Crippen molar-refractivity contribution < 1.29 is 19.0 Å². The highest BCUT2D eigenvalue weighted by molar-refractivity contribution is 6.05. The Hall–Kier alpha value is -3.93. The van der Waals surface area contributed by atoms with E-state index in [0.29, 0.717) is 34.6 Å². The first-order chi connectivity index (χ1) is 15.5. The van der Waals surface area contributed by atoms with Crippen LogP contribution in [0, 0.1) is 12.7 Å². The van der Waals surface area contributed by atoms with Gasteiger partial charge in [-0.1, -0.05) is 30.3 Å². The standard InChI is InChI=1S/C26H21FN2O3/c1-15-24(26(30)31)21-12-17(27)8-9-22(21)28-25(15)29-11-10-19-20(16-6-4-3-5-7-16)13-18(32-2)14-23(19)29/h3-9,12-14H,10-11H2,1-2H3,(H,30,31). The maximum Gasteiger partial charge on any atom is 0.336 e. The molecule has 32 heavy (non-hydrogen) atoms. The quantitative estimate of drug-likeness (QED) is 0.448. The third-order valence-electron chi connectivity index (χ3n) is 6.03. The van der Waals surface area contributed by atoms with Crippen LogP contribution in [0.4, 0.5) is 15.9 Å². The minimum absolute atomic E-state index is 0.0733. The summed E-state index contributed by atoms with van der Waals surface area (Å²) in [6, 6.07) is 18.2. The fraction of sp³-hybridized carbons (Fsp3) is 0.154. The first kappa shape index (κ1) is 20.0. The second kappa shape index (κ2) is 7.64. The van der Waals surface area contributed by atoms with Gasteiger partial charge in [0.15, 0.2) is 0 Å². The van der Waals surface area contributed by atoms with Crippen LogP contribution < -0.4 is 9.64 Å². The summed E-state index contributed by atoms with van der Waals surface area (Å²) in [6.07, 6.45) is 0.786. The van der Waals surface area contributed by atoms with E-state index in [2.05, 4.69) is 12.1 Å². The van der Waals surface area contributed by atoms with Crippen molar-refractivity contribution in [2.75, 3.05) is 18.6 Å². The van der Waals surface area contributed by atoms with Gasteiger partial charge >= 0.3 is 5.97 Å². The van der Waals surface area contributed by atoms with Crippen molar-refractivity contribution in [3.05, 3.63) is 83.2 Å². The zero-order valence-electron chi connectivity index (χ0n) is 17.7. The van der Waals surface area contributed by atoms with Crippen LogP contribution in [-0.4, -0.2) is 29.7 Å². The van der Waals surface area contributed by atoms with Crippen LogP contribution in [0.25, 0.3) is 22.0 Å². The molecule has 0 radical (unpaired) electrons. The number of nitrogens with zero attached hydrogens (tertiary/aromatic N) is 2. The van der Waals surface area contributed by atoms with Crippen LogP contribution in [-0.2, 0) is 6.42 Å². The van der Waals surface area contributed by atoms with Crippen molar-refractivity contribution in [3.8, 4) is 16.9 Å². The number of aromatic carboxylic acids is 1. The van der Waals surface area contributed by atoms with Gasteiger partial charge in [-0.15, -0.1) is 0 Å². The molecule has 0 aliphatic carbocycles. The molecule has 160 valence electrons. The summed E-state index contributed by atoms with van der Waals surface area (Å²) in [6.45, 7) is 2.38. The van der Waals surface area contributed by atoms with Crippen LogP contribution in [0.1, 0.15) is 21.5 Å². The number of halogens is 1. The summed E-state index contributed by atoms with van der Waals surface area (Å²) in [5.74, 6) is -0.310. The number of pyridine rings is 1. The van der Waals surface area contributed by atoms with Gasteiger partial charge in [0.25, 0.3) is 0 Å². The average Bonchev–Trinajstić information content (AvgIpc) is 3.22. The molecule has 0 unspecified atom stereocenters. The van der Waals surface area contributed by atoms with E-state index < -0.39 is 11.8 Å². The van der Waals surface area contributed by atoms with E-state index >= 15 is 0 Å². The Morgan fingerprint density at radius 2 is 1.91 bits per heavy atom. The van der Waals surface area contributed by atoms with E-state index in [9.17, 15) is 14.3 Å². The second-order valence-electron chi connectivity index (χ2n) is 7.84. The van der Waals surface area contributed by atoms with Crippen LogP contribution in [0.2, 0.25) is 0 Å². The molecule has 1 aromatic heterocycles. The zero-order chi connectivity index (χ0) is 22.4. The van der Waals surface area contributed by atoms with Crippen LogP contribution in [0.15, 0.2) is 60.7 Å². The Morgan fingerprint density at radius 1 is 1.12 bits per heavy atom. The van der Waals surface area contributed by atoms with E-state index in [1.54, 1.807) is 14.0 Å². The largest absolute Gasteiger partial charge is 0.497 e. The fourth-order valence-corrected chi connectivity index (χ4v) is 4.55. The third kappa shape index (κ3) is 3.15. The molecule has 0 bridgehead atoms. The predicted molar refractivity (Wildman–Crippen MR) is 123 cm³/mol. The SMILES string of the molecule is COc1cc(-c2ccccc2)c2c(c1)N(c1nc3ccc(F)cc3c(C(=O)O)c1C)CC2. The number of hydrogen-bond donors (Lipinski definition) is 1. The molecular formula is C26H21FN2O3. The molecular weight excluding hydrogens is 407 g/mol. The minimum atomic E-state index is -1.10. The minimum Gasteiger partial charge on any atom is -0.497 e. The Bertz CT molecular complexity index is 1370. The molecule has 5 rings (SSSR count). The van der Waals surface area contributed by atoms with Gasteiger partial charge in [-0.25, -0.2) is 14.2 Å². The van der Waals surface area contributed by atoms with Crippen molar-refractivity contribution >= 4 is 28.4 Å². The van der Waals surface area contributed by atoms with E-state index in [0.717, 1.165) is 28.8 Å². The molecule has 3 aromatic carbocycles. The lowest BCUT2D eigenvalue weighted by Crippen LogP contribution is -2.18. The number of hydrogen-bond acceptors (Lipinski definition) is 4.